The summed E-state index contributed by atoms with van der Waals surface area (Å²) in [5.74, 6) is 1.34. The minimum atomic E-state index is -0.796. The monoisotopic (exact) mass is 614 g/mol. The molecule has 1 aliphatic rings. The maximum Gasteiger partial charge on any atom is 0.338 e. The second-order valence-electron chi connectivity index (χ2n) is 10.6. The quantitative estimate of drug-likeness (QED) is 0.195. The summed E-state index contributed by atoms with van der Waals surface area (Å²) in [7, 11) is 1.60. The minimum Gasteiger partial charge on any atom is -0.496 e. The molecule has 0 amide bonds. The molecule has 5 rings (SSSR count). The molecule has 2 heterocycles. The summed E-state index contributed by atoms with van der Waals surface area (Å²) < 4.78 is 25.3. The summed E-state index contributed by atoms with van der Waals surface area (Å²) >= 11 is 1.29. The van der Waals surface area contributed by atoms with Crippen LogP contribution in [0.4, 0.5) is 0 Å². The van der Waals surface area contributed by atoms with E-state index in [2.05, 4.69) is 0 Å². The number of methoxy groups -OCH3 is 1. The van der Waals surface area contributed by atoms with E-state index in [4.69, 9.17) is 23.9 Å². The normalized spacial score (nSPS) is 14.9. The third-order valence-corrected chi connectivity index (χ3v) is 8.23. The van der Waals surface area contributed by atoms with Crippen LogP contribution in [0.5, 0.6) is 17.2 Å². The predicted octanol–water partition coefficient (Wildman–Crippen LogP) is 5.93. The number of aromatic nitrogens is 1. The fourth-order valence-corrected chi connectivity index (χ4v) is 6.53. The molecule has 0 spiro atoms. The van der Waals surface area contributed by atoms with Crippen molar-refractivity contribution in [1.82, 2.24) is 4.57 Å². The summed E-state index contributed by atoms with van der Waals surface area (Å²) in [5.41, 5.74) is 2.22. The molecule has 0 N–H and O–H groups in total. The molecule has 3 aromatic carbocycles. The third-order valence-electron chi connectivity index (χ3n) is 7.24. The smallest absolute Gasteiger partial charge is 0.338 e. The maximum absolute atomic E-state index is 14.4. The number of thiazole rings is 1. The van der Waals surface area contributed by atoms with E-state index in [0.29, 0.717) is 50.9 Å². The molecule has 1 atom stereocenters. The third kappa shape index (κ3) is 6.01. The molecule has 4 aromatic rings. The van der Waals surface area contributed by atoms with Crippen LogP contribution in [-0.2, 0) is 9.53 Å². The van der Waals surface area contributed by atoms with Crippen molar-refractivity contribution in [3.63, 3.8) is 0 Å². The average molecular weight is 615 g/mol. The Hall–Kier alpha value is -4.37. The highest BCUT2D eigenvalue weighted by atomic mass is 32.1. The predicted molar refractivity (Wildman–Crippen MR) is 174 cm³/mol. The maximum atomic E-state index is 14.4. The number of fused-ring (bicyclic) bond motifs is 2. The summed E-state index contributed by atoms with van der Waals surface area (Å²) in [6.07, 6.45) is 3.13. The van der Waals surface area contributed by atoms with Crippen LogP contribution >= 0.6 is 11.3 Å². The molecular formula is C35H38N2O6S. The molecule has 1 aromatic heterocycles. The van der Waals surface area contributed by atoms with Crippen molar-refractivity contribution >= 4 is 34.2 Å². The fraction of sp³-hybridized carbons (Fsp3) is 0.343. The first-order valence-corrected chi connectivity index (χ1v) is 15.8. The van der Waals surface area contributed by atoms with Gasteiger partial charge in [0.15, 0.2) is 16.3 Å². The van der Waals surface area contributed by atoms with E-state index in [0.717, 1.165) is 28.3 Å². The zero-order valence-corrected chi connectivity index (χ0v) is 26.8. The highest BCUT2D eigenvalue weighted by Crippen LogP contribution is 2.41. The Morgan fingerprint density at radius 3 is 2.50 bits per heavy atom. The van der Waals surface area contributed by atoms with Gasteiger partial charge in [0.1, 0.15) is 11.8 Å². The van der Waals surface area contributed by atoms with Crippen molar-refractivity contribution in [2.75, 3.05) is 20.3 Å². The Morgan fingerprint density at radius 2 is 1.80 bits per heavy atom. The van der Waals surface area contributed by atoms with Crippen molar-refractivity contribution in [2.24, 2.45) is 4.99 Å². The number of hydrogen-bond acceptors (Lipinski definition) is 8. The molecule has 9 heteroatoms. The van der Waals surface area contributed by atoms with Crippen LogP contribution in [0, 0.1) is 0 Å². The first kappa shape index (κ1) is 31.1. The number of benzene rings is 3. The fourth-order valence-electron chi connectivity index (χ4n) is 5.52. The molecule has 0 saturated heterocycles. The number of ether oxygens (including phenoxy) is 4. The van der Waals surface area contributed by atoms with Crippen LogP contribution in [0.1, 0.15) is 64.6 Å². The lowest BCUT2D eigenvalue weighted by Gasteiger charge is -2.28. The number of allylic oxidation sites excluding steroid dienone is 1. The van der Waals surface area contributed by atoms with Gasteiger partial charge in [-0.1, -0.05) is 61.1 Å². The van der Waals surface area contributed by atoms with Gasteiger partial charge in [0.25, 0.3) is 5.56 Å². The second-order valence-corrected chi connectivity index (χ2v) is 11.6. The number of nitrogens with zero attached hydrogens (tertiary/aromatic N) is 2. The number of rotatable bonds is 11. The van der Waals surface area contributed by atoms with Gasteiger partial charge in [-0.25, -0.2) is 9.79 Å². The molecule has 8 nitrogen and oxygen atoms in total. The summed E-state index contributed by atoms with van der Waals surface area (Å²) in [5, 5.41) is 1.85. The number of carbonyl (C=O) groups is 1. The average Bonchev–Trinajstić information content (AvgIpc) is 3.31. The molecule has 230 valence electrons. The largest absolute Gasteiger partial charge is 0.496 e. The van der Waals surface area contributed by atoms with Gasteiger partial charge >= 0.3 is 5.97 Å². The Bertz CT molecular complexity index is 1900. The number of esters is 1. The van der Waals surface area contributed by atoms with E-state index < -0.39 is 12.0 Å². The first-order valence-electron chi connectivity index (χ1n) is 15.0. The number of carbonyl (C=O) groups excluding carboxylic acids is 1. The van der Waals surface area contributed by atoms with Crippen LogP contribution in [0.15, 0.2) is 75.7 Å². The molecule has 0 fully saturated rings. The zero-order valence-electron chi connectivity index (χ0n) is 26.0. The number of hydrogen-bond donors (Lipinski definition) is 0. The van der Waals surface area contributed by atoms with Crippen LogP contribution in [0.2, 0.25) is 0 Å². The van der Waals surface area contributed by atoms with E-state index in [1.54, 1.807) is 18.6 Å². The Balaban J connectivity index is 1.80. The van der Waals surface area contributed by atoms with Gasteiger partial charge in [0.2, 0.25) is 0 Å². The van der Waals surface area contributed by atoms with Crippen LogP contribution in [0.25, 0.3) is 16.8 Å². The van der Waals surface area contributed by atoms with E-state index in [1.165, 1.54) is 11.3 Å². The standard InChI is InChI=1S/C35H38N2O6S/c1-7-12-25-31(34(39)42-9-3)32(30-24-14-11-10-13-23(24)16-18-27(30)40-6)37-33(38)29(44-35(37)36-25)20-22-15-17-26(43-21(4)5)28(19-22)41-8-2/h10-11,13-21,32H,7-9,12H2,1-6H3/b29-20-/t32-/m1/s1. The molecule has 1 aliphatic heterocycles. The summed E-state index contributed by atoms with van der Waals surface area (Å²) in [6.45, 7) is 10.3. The lowest BCUT2D eigenvalue weighted by atomic mass is 9.90. The molecular weight excluding hydrogens is 576 g/mol. The van der Waals surface area contributed by atoms with E-state index >= 15 is 0 Å². The van der Waals surface area contributed by atoms with Gasteiger partial charge in [-0.3, -0.25) is 9.36 Å². The molecule has 0 aliphatic carbocycles. The summed E-state index contributed by atoms with van der Waals surface area (Å²) in [4.78, 5) is 33.5. The van der Waals surface area contributed by atoms with Gasteiger partial charge in [0.05, 0.1) is 42.2 Å². The zero-order chi connectivity index (χ0) is 31.4. The van der Waals surface area contributed by atoms with Gasteiger partial charge in [0, 0.05) is 5.56 Å². The van der Waals surface area contributed by atoms with Crippen molar-refractivity contribution in [3.05, 3.63) is 96.7 Å². The van der Waals surface area contributed by atoms with E-state index in [1.807, 2.05) is 88.4 Å². The molecule has 0 saturated carbocycles. The topological polar surface area (TPSA) is 88.4 Å². The van der Waals surface area contributed by atoms with Crippen LogP contribution < -0.4 is 29.1 Å². The minimum absolute atomic E-state index is 0.0132. The van der Waals surface area contributed by atoms with Gasteiger partial charge in [-0.15, -0.1) is 0 Å². The molecule has 0 bridgehead atoms. The van der Waals surface area contributed by atoms with Crippen molar-refractivity contribution in [3.8, 4) is 17.2 Å². The second kappa shape index (κ2) is 13.5. The van der Waals surface area contributed by atoms with Crippen LogP contribution in [0.3, 0.4) is 0 Å². The van der Waals surface area contributed by atoms with E-state index in [9.17, 15) is 9.59 Å². The SMILES string of the molecule is CCCC1=C(C(=O)OCC)[C@@H](c2c(OC)ccc3ccccc23)n2c(s/c(=C\c3ccc(OC(C)C)c(OCC)c3)c2=O)=N1. The van der Waals surface area contributed by atoms with Crippen LogP contribution in [-0.4, -0.2) is 37.0 Å². The molecule has 0 radical (unpaired) electrons. The Kier molecular flexibility index (Phi) is 9.54. The lowest BCUT2D eigenvalue weighted by Crippen LogP contribution is -2.40. The highest BCUT2D eigenvalue weighted by Gasteiger charge is 2.37. The summed E-state index contributed by atoms with van der Waals surface area (Å²) in [6, 6.07) is 16.6. The van der Waals surface area contributed by atoms with Gasteiger partial charge in [-0.2, -0.15) is 0 Å². The van der Waals surface area contributed by atoms with Crippen molar-refractivity contribution in [1.29, 1.82) is 0 Å². The van der Waals surface area contributed by atoms with E-state index in [-0.39, 0.29) is 18.3 Å². The highest BCUT2D eigenvalue weighted by molar-refractivity contribution is 7.07. The van der Waals surface area contributed by atoms with Crippen molar-refractivity contribution < 1.29 is 23.7 Å². The Labute approximate surface area is 260 Å². The Morgan fingerprint density at radius 1 is 1.02 bits per heavy atom. The molecule has 0 unspecified atom stereocenters. The lowest BCUT2D eigenvalue weighted by molar-refractivity contribution is -0.139. The first-order chi connectivity index (χ1) is 21.3. The van der Waals surface area contributed by atoms with Gasteiger partial charge < -0.3 is 18.9 Å². The van der Waals surface area contributed by atoms with Gasteiger partial charge in [-0.05, 0) is 74.7 Å². The molecule has 44 heavy (non-hydrogen) atoms. The van der Waals surface area contributed by atoms with Crippen molar-refractivity contribution in [2.45, 2.75) is 59.6 Å².